The number of amides is 1. The highest BCUT2D eigenvalue weighted by molar-refractivity contribution is 6.30. The van der Waals surface area contributed by atoms with Gasteiger partial charge in [0.1, 0.15) is 5.69 Å². The summed E-state index contributed by atoms with van der Waals surface area (Å²) in [5.74, 6) is -0.634. The van der Waals surface area contributed by atoms with Gasteiger partial charge in [0.15, 0.2) is 0 Å². The lowest BCUT2D eigenvalue weighted by Crippen LogP contribution is -2.33. The lowest BCUT2D eigenvalue weighted by Gasteiger charge is -2.30. The molecule has 1 heterocycles. The van der Waals surface area contributed by atoms with E-state index in [9.17, 15) is 9.59 Å². The molecule has 0 unspecified atom stereocenters. The predicted molar refractivity (Wildman–Crippen MR) is 129 cm³/mol. The zero-order chi connectivity index (χ0) is 23.4. The van der Waals surface area contributed by atoms with Crippen LogP contribution in [-0.2, 0) is 11.3 Å². The Bertz CT molecular complexity index is 1320. The first-order valence-corrected chi connectivity index (χ1v) is 10.9. The minimum Gasteiger partial charge on any atom is -0.465 e. The Morgan fingerprint density at radius 1 is 0.970 bits per heavy atom. The van der Waals surface area contributed by atoms with Gasteiger partial charge in [-0.1, -0.05) is 60.1 Å². The summed E-state index contributed by atoms with van der Waals surface area (Å²) in [6.45, 7) is 2.24. The van der Waals surface area contributed by atoms with Gasteiger partial charge in [-0.25, -0.2) is 4.79 Å². The molecule has 0 fully saturated rings. The molecule has 166 valence electrons. The number of rotatable bonds is 6. The van der Waals surface area contributed by atoms with Crippen molar-refractivity contribution >= 4 is 34.2 Å². The van der Waals surface area contributed by atoms with Crippen molar-refractivity contribution in [2.24, 2.45) is 0 Å². The lowest BCUT2D eigenvalue weighted by atomic mass is 10.0. The smallest absolute Gasteiger partial charge is 0.337 e. The molecule has 4 rings (SSSR count). The van der Waals surface area contributed by atoms with Gasteiger partial charge in [-0.3, -0.25) is 9.78 Å². The first-order valence-electron chi connectivity index (χ1n) is 10.5. The second kappa shape index (κ2) is 9.84. The zero-order valence-electron chi connectivity index (χ0n) is 18.4. The van der Waals surface area contributed by atoms with Gasteiger partial charge in [-0.2, -0.15) is 0 Å². The van der Waals surface area contributed by atoms with Crippen LogP contribution >= 0.6 is 11.6 Å². The first kappa shape index (κ1) is 22.5. The van der Waals surface area contributed by atoms with Crippen LogP contribution in [0.15, 0.2) is 85.1 Å². The van der Waals surface area contributed by atoms with Crippen LogP contribution in [0.2, 0.25) is 5.02 Å². The molecule has 0 aliphatic carbocycles. The topological polar surface area (TPSA) is 59.5 Å². The van der Waals surface area contributed by atoms with E-state index in [0.29, 0.717) is 16.3 Å². The zero-order valence-corrected chi connectivity index (χ0v) is 19.1. The van der Waals surface area contributed by atoms with Crippen molar-refractivity contribution in [3.05, 3.63) is 112 Å². The van der Waals surface area contributed by atoms with Crippen LogP contribution in [0.1, 0.15) is 44.9 Å². The van der Waals surface area contributed by atoms with Crippen LogP contribution in [0.5, 0.6) is 0 Å². The Hall–Kier alpha value is -3.70. The highest BCUT2D eigenvalue weighted by atomic mass is 35.5. The summed E-state index contributed by atoms with van der Waals surface area (Å²) in [6, 6.07) is 23.9. The fraction of sp³-hybridized carbons (Fsp3) is 0.148. The number of fused-ring (bicyclic) bond motifs is 1. The molecule has 0 aliphatic rings. The Balaban J connectivity index is 1.73. The monoisotopic (exact) mass is 458 g/mol. The highest BCUT2D eigenvalue weighted by Crippen LogP contribution is 2.27. The molecule has 1 aromatic heterocycles. The Labute approximate surface area is 197 Å². The average Bonchev–Trinajstić information content (AvgIpc) is 2.85. The number of hydrogen-bond acceptors (Lipinski definition) is 4. The average molecular weight is 459 g/mol. The van der Waals surface area contributed by atoms with Crippen molar-refractivity contribution in [2.45, 2.75) is 19.5 Å². The summed E-state index contributed by atoms with van der Waals surface area (Å²) >= 11 is 6.22. The molecule has 5 nitrogen and oxygen atoms in total. The molecule has 1 atom stereocenters. The second-order valence-corrected chi connectivity index (χ2v) is 8.21. The van der Waals surface area contributed by atoms with Gasteiger partial charge >= 0.3 is 5.97 Å². The fourth-order valence-electron chi connectivity index (χ4n) is 3.79. The molecule has 1 amide bonds. The van der Waals surface area contributed by atoms with Crippen molar-refractivity contribution in [1.29, 1.82) is 0 Å². The number of benzene rings is 3. The quantitative estimate of drug-likeness (QED) is 0.328. The Kier molecular flexibility index (Phi) is 6.71. The van der Waals surface area contributed by atoms with Crippen molar-refractivity contribution in [3.8, 4) is 0 Å². The maximum atomic E-state index is 13.7. The molecule has 0 saturated carbocycles. The van der Waals surface area contributed by atoms with Crippen LogP contribution in [0.25, 0.3) is 10.8 Å². The number of carbonyl (C=O) groups excluding carboxylic acids is 2. The normalized spacial score (nSPS) is 11.7. The number of nitrogens with zero attached hydrogens (tertiary/aromatic N) is 2. The number of carbonyl (C=O) groups is 2. The van der Waals surface area contributed by atoms with E-state index >= 15 is 0 Å². The third-order valence-electron chi connectivity index (χ3n) is 5.61. The van der Waals surface area contributed by atoms with Gasteiger partial charge in [0.2, 0.25) is 0 Å². The van der Waals surface area contributed by atoms with Gasteiger partial charge in [0.05, 0.1) is 18.7 Å². The number of pyridine rings is 1. The SMILES string of the molecule is COC(=O)c1cccc(CN(C(=O)c2cc3ccccc3cn2)[C@H](C)c2cccc(Cl)c2)c1. The number of methoxy groups -OCH3 is 1. The maximum absolute atomic E-state index is 13.7. The predicted octanol–water partition coefficient (Wildman–Crippen LogP) is 6.08. The molecular formula is C27H23ClN2O3. The standard InChI is InChI=1S/C27H23ClN2O3/c1-18(20-10-6-12-24(28)14-20)30(17-19-7-5-11-22(13-19)27(32)33-2)26(31)25-15-21-8-3-4-9-23(21)16-29-25/h3-16,18H,17H2,1-2H3/t18-/m1/s1. The summed E-state index contributed by atoms with van der Waals surface area (Å²) in [7, 11) is 1.34. The van der Waals surface area contributed by atoms with E-state index in [4.69, 9.17) is 16.3 Å². The van der Waals surface area contributed by atoms with Crippen LogP contribution in [0, 0.1) is 0 Å². The van der Waals surface area contributed by atoms with Crippen LogP contribution < -0.4 is 0 Å². The van der Waals surface area contributed by atoms with E-state index in [-0.39, 0.29) is 18.5 Å². The maximum Gasteiger partial charge on any atom is 0.337 e. The summed E-state index contributed by atoms with van der Waals surface area (Å²) < 4.78 is 4.84. The second-order valence-electron chi connectivity index (χ2n) is 7.77. The van der Waals surface area contributed by atoms with Crippen molar-refractivity contribution < 1.29 is 14.3 Å². The molecule has 0 N–H and O–H groups in total. The summed E-state index contributed by atoms with van der Waals surface area (Å²) in [5.41, 5.74) is 2.50. The molecule has 3 aromatic carbocycles. The molecule has 0 bridgehead atoms. The molecule has 6 heteroatoms. The van der Waals surface area contributed by atoms with Crippen LogP contribution in [0.4, 0.5) is 0 Å². The summed E-state index contributed by atoms with van der Waals surface area (Å²) in [6.07, 6.45) is 1.71. The Morgan fingerprint density at radius 2 is 1.73 bits per heavy atom. The highest BCUT2D eigenvalue weighted by Gasteiger charge is 2.25. The Morgan fingerprint density at radius 3 is 2.48 bits per heavy atom. The number of halogens is 1. The molecule has 0 aliphatic heterocycles. The number of esters is 1. The largest absolute Gasteiger partial charge is 0.465 e. The number of hydrogen-bond donors (Lipinski definition) is 0. The van der Waals surface area contributed by atoms with E-state index in [2.05, 4.69) is 4.98 Å². The van der Waals surface area contributed by atoms with E-state index in [1.54, 1.807) is 41.4 Å². The molecule has 0 saturated heterocycles. The molecular weight excluding hydrogens is 436 g/mol. The van der Waals surface area contributed by atoms with Gasteiger partial charge in [-0.15, -0.1) is 0 Å². The molecule has 33 heavy (non-hydrogen) atoms. The van der Waals surface area contributed by atoms with Crippen LogP contribution in [-0.4, -0.2) is 28.9 Å². The van der Waals surface area contributed by atoms with Crippen molar-refractivity contribution in [2.75, 3.05) is 7.11 Å². The third-order valence-corrected chi connectivity index (χ3v) is 5.85. The molecule has 4 aromatic rings. The minimum absolute atomic E-state index is 0.211. The summed E-state index contributed by atoms with van der Waals surface area (Å²) in [4.78, 5) is 31.9. The van der Waals surface area contributed by atoms with Gasteiger partial charge < -0.3 is 9.64 Å². The lowest BCUT2D eigenvalue weighted by molar-refractivity contribution is 0.0600. The fourth-order valence-corrected chi connectivity index (χ4v) is 3.99. The van der Waals surface area contributed by atoms with E-state index < -0.39 is 5.97 Å². The van der Waals surface area contributed by atoms with Crippen LogP contribution in [0.3, 0.4) is 0 Å². The van der Waals surface area contributed by atoms with Gasteiger partial charge in [0.25, 0.3) is 5.91 Å². The van der Waals surface area contributed by atoms with Gasteiger partial charge in [0, 0.05) is 23.2 Å². The van der Waals surface area contributed by atoms with Gasteiger partial charge in [-0.05, 0) is 53.8 Å². The number of ether oxygens (including phenoxy) is 1. The van der Waals surface area contributed by atoms with Crippen molar-refractivity contribution in [3.63, 3.8) is 0 Å². The number of aromatic nitrogens is 1. The van der Waals surface area contributed by atoms with E-state index in [1.165, 1.54) is 7.11 Å². The van der Waals surface area contributed by atoms with Crippen molar-refractivity contribution in [1.82, 2.24) is 9.88 Å². The van der Waals surface area contributed by atoms with E-state index in [0.717, 1.165) is 21.9 Å². The molecule has 0 spiro atoms. The summed E-state index contributed by atoms with van der Waals surface area (Å²) in [5, 5.41) is 2.51. The molecule has 0 radical (unpaired) electrons. The first-order chi connectivity index (χ1) is 16.0. The minimum atomic E-state index is -0.422. The van der Waals surface area contributed by atoms with E-state index in [1.807, 2.05) is 55.5 Å². The third kappa shape index (κ3) is 5.04.